The predicted molar refractivity (Wildman–Crippen MR) is 42.9 cm³/mol. The van der Waals surface area contributed by atoms with E-state index in [0.717, 1.165) is 16.6 Å². The normalized spacial score (nSPS) is 22.2. The van der Waals surface area contributed by atoms with E-state index < -0.39 is 6.10 Å². The molecule has 1 aliphatic heterocycles. The Balaban J connectivity index is 2.06. The Hall–Kier alpha value is -1.05. The number of aromatic nitrogens is 2. The fraction of sp³-hybridized carbons (Fsp3) is 0.500. The van der Waals surface area contributed by atoms with Crippen molar-refractivity contribution in [2.75, 3.05) is 13.2 Å². The van der Waals surface area contributed by atoms with Crippen molar-refractivity contribution in [2.45, 2.75) is 6.10 Å². The molecule has 1 amide bonds. The Bertz CT molecular complexity index is 302. The molecule has 1 aromatic heterocycles. The van der Waals surface area contributed by atoms with Gasteiger partial charge in [0, 0.05) is 5.38 Å². The summed E-state index contributed by atoms with van der Waals surface area (Å²) in [5.41, 5.74) is 0.249. The molecule has 1 atom stereocenters. The number of hydroxylamine groups is 2. The average Bonchev–Trinajstić information content (AvgIpc) is 2.72. The summed E-state index contributed by atoms with van der Waals surface area (Å²) < 4.78 is 3.56. The van der Waals surface area contributed by atoms with Crippen LogP contribution in [0.15, 0.2) is 5.38 Å². The second kappa shape index (κ2) is 3.36. The van der Waals surface area contributed by atoms with Gasteiger partial charge in [0.25, 0.3) is 5.91 Å². The van der Waals surface area contributed by atoms with Crippen LogP contribution < -0.4 is 0 Å². The topological polar surface area (TPSA) is 75.6 Å². The molecule has 7 heteroatoms. The fourth-order valence-electron chi connectivity index (χ4n) is 1.000. The van der Waals surface area contributed by atoms with Crippen molar-refractivity contribution >= 4 is 17.4 Å². The molecular weight excluding hydrogens is 194 g/mol. The highest BCUT2D eigenvalue weighted by Crippen LogP contribution is 2.10. The number of aliphatic hydroxyl groups excluding tert-OH is 1. The van der Waals surface area contributed by atoms with Gasteiger partial charge in [-0.05, 0) is 11.5 Å². The third-order valence-corrected chi connectivity index (χ3v) is 2.11. The minimum absolute atomic E-state index is 0.156. The fourth-order valence-corrected chi connectivity index (χ4v) is 1.43. The number of amides is 1. The Morgan fingerprint density at radius 1 is 1.85 bits per heavy atom. The molecule has 70 valence electrons. The van der Waals surface area contributed by atoms with Gasteiger partial charge in [0.15, 0.2) is 5.69 Å². The zero-order valence-corrected chi connectivity index (χ0v) is 7.40. The number of hydrogen-bond donors (Lipinski definition) is 1. The van der Waals surface area contributed by atoms with Crippen LogP contribution in [0, 0.1) is 0 Å². The monoisotopic (exact) mass is 201 g/mol. The summed E-state index contributed by atoms with van der Waals surface area (Å²) in [6, 6.07) is 0. The second-order valence-corrected chi connectivity index (χ2v) is 3.22. The maximum Gasteiger partial charge on any atom is 0.298 e. The number of carbonyl (C=O) groups excluding carboxylic acids is 1. The van der Waals surface area contributed by atoms with Gasteiger partial charge >= 0.3 is 0 Å². The number of rotatable bonds is 1. The van der Waals surface area contributed by atoms with E-state index in [4.69, 9.17) is 9.94 Å². The summed E-state index contributed by atoms with van der Waals surface area (Å²) >= 11 is 1.10. The molecular formula is C6H7N3O3S. The standard InChI is InChI=1S/C6H7N3O3S/c10-4-1-9(12-2-4)6(11)5-3-13-8-7-5/h3-4,10H,1-2H2/t4-/m1/s1. The highest BCUT2D eigenvalue weighted by Gasteiger charge is 2.28. The van der Waals surface area contributed by atoms with Crippen molar-refractivity contribution in [3.63, 3.8) is 0 Å². The number of carbonyl (C=O) groups is 1. The largest absolute Gasteiger partial charge is 0.389 e. The molecule has 1 aromatic rings. The van der Waals surface area contributed by atoms with Crippen LogP contribution in [0.4, 0.5) is 0 Å². The molecule has 6 nitrogen and oxygen atoms in total. The highest BCUT2D eigenvalue weighted by atomic mass is 32.1. The van der Waals surface area contributed by atoms with Crippen molar-refractivity contribution in [1.82, 2.24) is 14.7 Å². The van der Waals surface area contributed by atoms with E-state index in [1.807, 2.05) is 0 Å². The van der Waals surface area contributed by atoms with E-state index in [1.165, 1.54) is 5.38 Å². The van der Waals surface area contributed by atoms with Gasteiger partial charge in [0.1, 0.15) is 12.7 Å². The molecule has 0 bridgehead atoms. The van der Waals surface area contributed by atoms with E-state index in [9.17, 15) is 4.79 Å². The smallest absolute Gasteiger partial charge is 0.298 e. The zero-order valence-electron chi connectivity index (χ0n) is 6.58. The first-order valence-electron chi connectivity index (χ1n) is 3.67. The van der Waals surface area contributed by atoms with Crippen molar-refractivity contribution in [2.24, 2.45) is 0 Å². The van der Waals surface area contributed by atoms with Crippen LogP contribution in [0.1, 0.15) is 10.5 Å². The van der Waals surface area contributed by atoms with Crippen molar-refractivity contribution in [3.8, 4) is 0 Å². The zero-order chi connectivity index (χ0) is 9.26. The highest BCUT2D eigenvalue weighted by molar-refractivity contribution is 7.03. The number of β-amino-alcohol motifs (C(OH)–C–C–N with tert-alkyl or cyclic N) is 1. The van der Waals surface area contributed by atoms with Crippen LogP contribution in [0.25, 0.3) is 0 Å². The summed E-state index contributed by atoms with van der Waals surface area (Å²) in [7, 11) is 0. The lowest BCUT2D eigenvalue weighted by molar-refractivity contribution is -0.0783. The summed E-state index contributed by atoms with van der Waals surface area (Å²) in [5, 5.41) is 15.3. The maximum atomic E-state index is 11.4. The molecule has 1 N–H and O–H groups in total. The summed E-state index contributed by atoms with van der Waals surface area (Å²) in [6.07, 6.45) is -0.601. The number of hydrogen-bond acceptors (Lipinski definition) is 6. The van der Waals surface area contributed by atoms with Crippen LogP contribution in [0.2, 0.25) is 0 Å². The summed E-state index contributed by atoms with van der Waals surface area (Å²) in [6.45, 7) is 0.347. The molecule has 0 spiro atoms. The van der Waals surface area contributed by atoms with Crippen LogP contribution in [0.5, 0.6) is 0 Å². The number of aliphatic hydroxyl groups is 1. The third kappa shape index (κ3) is 1.67. The van der Waals surface area contributed by atoms with Crippen molar-refractivity contribution in [3.05, 3.63) is 11.1 Å². The first-order chi connectivity index (χ1) is 6.27. The van der Waals surface area contributed by atoms with Gasteiger partial charge in [0.05, 0.1) is 6.54 Å². The lowest BCUT2D eigenvalue weighted by Gasteiger charge is -2.10. The molecule has 1 saturated heterocycles. The van der Waals surface area contributed by atoms with Gasteiger partial charge in [-0.25, -0.2) is 5.06 Å². The van der Waals surface area contributed by atoms with E-state index in [2.05, 4.69) is 9.59 Å². The summed E-state index contributed by atoms with van der Waals surface area (Å²) in [5.74, 6) is -0.356. The SMILES string of the molecule is O=C(c1csnn1)N1C[C@@H](O)CO1. The third-order valence-electron chi connectivity index (χ3n) is 1.61. The van der Waals surface area contributed by atoms with Gasteiger partial charge in [0.2, 0.25) is 0 Å². The molecule has 1 fully saturated rings. The Morgan fingerprint density at radius 3 is 3.23 bits per heavy atom. The van der Waals surface area contributed by atoms with Crippen LogP contribution in [-0.2, 0) is 4.84 Å². The van der Waals surface area contributed by atoms with Crippen LogP contribution in [0.3, 0.4) is 0 Å². The molecule has 2 heterocycles. The Labute approximate surface area is 77.9 Å². The lowest BCUT2D eigenvalue weighted by atomic mass is 10.4. The Kier molecular flexibility index (Phi) is 2.21. The van der Waals surface area contributed by atoms with E-state index in [0.29, 0.717) is 0 Å². The van der Waals surface area contributed by atoms with Crippen LogP contribution in [-0.4, -0.2) is 44.9 Å². The predicted octanol–water partition coefficient (Wildman–Crippen LogP) is -0.714. The maximum absolute atomic E-state index is 11.4. The van der Waals surface area contributed by atoms with Gasteiger partial charge in [-0.15, -0.1) is 5.10 Å². The minimum atomic E-state index is -0.601. The minimum Gasteiger partial charge on any atom is -0.389 e. The van der Waals surface area contributed by atoms with Crippen molar-refractivity contribution < 1.29 is 14.7 Å². The molecule has 0 saturated carbocycles. The quantitative estimate of drug-likeness (QED) is 0.649. The molecule has 1 aliphatic rings. The second-order valence-electron chi connectivity index (χ2n) is 2.61. The number of nitrogens with zero attached hydrogens (tertiary/aromatic N) is 3. The lowest BCUT2D eigenvalue weighted by Crippen LogP contribution is -2.28. The van der Waals surface area contributed by atoms with Crippen LogP contribution >= 0.6 is 11.5 Å². The van der Waals surface area contributed by atoms with E-state index in [1.54, 1.807) is 0 Å². The first-order valence-corrected chi connectivity index (χ1v) is 4.51. The molecule has 0 aromatic carbocycles. The molecule has 2 rings (SSSR count). The van der Waals surface area contributed by atoms with E-state index in [-0.39, 0.29) is 24.8 Å². The van der Waals surface area contributed by atoms with Gasteiger partial charge in [-0.1, -0.05) is 4.49 Å². The molecule has 0 radical (unpaired) electrons. The first kappa shape index (κ1) is 8.54. The van der Waals surface area contributed by atoms with E-state index >= 15 is 0 Å². The van der Waals surface area contributed by atoms with Gasteiger partial charge in [-0.2, -0.15) is 0 Å². The molecule has 13 heavy (non-hydrogen) atoms. The van der Waals surface area contributed by atoms with Gasteiger partial charge in [-0.3, -0.25) is 9.63 Å². The molecule has 0 aliphatic carbocycles. The van der Waals surface area contributed by atoms with Crippen molar-refractivity contribution in [1.29, 1.82) is 0 Å². The van der Waals surface area contributed by atoms with Gasteiger partial charge < -0.3 is 5.11 Å². The molecule has 0 unspecified atom stereocenters. The Morgan fingerprint density at radius 2 is 2.69 bits per heavy atom. The average molecular weight is 201 g/mol. The summed E-state index contributed by atoms with van der Waals surface area (Å²) in [4.78, 5) is 16.4.